The first kappa shape index (κ1) is 14.9. The monoisotopic (exact) mass is 281 g/mol. The Morgan fingerprint density at radius 2 is 1.75 bits per heavy atom. The van der Waals surface area contributed by atoms with Crippen LogP contribution in [0.4, 0.5) is 13.2 Å². The molecule has 4 heteroatoms. The average Bonchev–Trinajstić information content (AvgIpc) is 2.41. The quantitative estimate of drug-likeness (QED) is 0.774. The zero-order valence-corrected chi connectivity index (χ0v) is 11.4. The Balaban J connectivity index is 1.99. The molecule has 1 atom stereocenters. The van der Waals surface area contributed by atoms with Crippen LogP contribution in [0.1, 0.15) is 31.4 Å². The molecule has 20 heavy (non-hydrogen) atoms. The molecule has 0 bridgehead atoms. The highest BCUT2D eigenvalue weighted by molar-refractivity contribution is 5.86. The topological polar surface area (TPSA) is 12.0 Å². The lowest BCUT2D eigenvalue weighted by molar-refractivity contribution is -0.135. The molecule has 2 aromatic rings. The highest BCUT2D eigenvalue weighted by atomic mass is 19.4. The van der Waals surface area contributed by atoms with Gasteiger partial charge in [0.15, 0.2) is 0 Å². The van der Waals surface area contributed by atoms with Crippen molar-refractivity contribution >= 4 is 10.8 Å². The Kier molecular flexibility index (Phi) is 4.65. The van der Waals surface area contributed by atoms with Crippen LogP contribution >= 0.6 is 0 Å². The summed E-state index contributed by atoms with van der Waals surface area (Å²) in [4.78, 5) is 0. The maximum absolute atomic E-state index is 12.1. The second-order valence-corrected chi connectivity index (χ2v) is 4.96. The normalized spacial score (nSPS) is 13.6. The SMILES string of the molecule is CC(NCCCC(F)(F)F)c1cccc2ccccc12. The number of nitrogens with one attached hydrogen (secondary N) is 1. The fourth-order valence-electron chi connectivity index (χ4n) is 2.35. The first-order valence-electron chi connectivity index (χ1n) is 6.75. The minimum atomic E-state index is -4.07. The van der Waals surface area contributed by atoms with Gasteiger partial charge < -0.3 is 5.32 Å². The molecule has 0 aliphatic rings. The summed E-state index contributed by atoms with van der Waals surface area (Å²) in [6.07, 6.45) is -4.69. The van der Waals surface area contributed by atoms with Crippen molar-refractivity contribution in [3.8, 4) is 0 Å². The average molecular weight is 281 g/mol. The van der Waals surface area contributed by atoms with Crippen LogP contribution in [0, 0.1) is 0 Å². The van der Waals surface area contributed by atoms with Gasteiger partial charge >= 0.3 is 6.18 Å². The number of hydrogen-bond acceptors (Lipinski definition) is 1. The predicted octanol–water partition coefficient (Wildman–Crippen LogP) is 4.83. The van der Waals surface area contributed by atoms with E-state index in [1.807, 2.05) is 49.4 Å². The maximum atomic E-state index is 12.1. The number of rotatable bonds is 5. The van der Waals surface area contributed by atoms with E-state index in [0.29, 0.717) is 6.54 Å². The van der Waals surface area contributed by atoms with Crippen LogP contribution in [0.3, 0.4) is 0 Å². The molecule has 1 unspecified atom stereocenters. The van der Waals surface area contributed by atoms with Crippen LogP contribution in [0.25, 0.3) is 10.8 Å². The second kappa shape index (κ2) is 6.27. The summed E-state index contributed by atoms with van der Waals surface area (Å²) in [5.41, 5.74) is 1.12. The summed E-state index contributed by atoms with van der Waals surface area (Å²) in [6, 6.07) is 14.1. The van der Waals surface area contributed by atoms with Crippen molar-refractivity contribution in [2.45, 2.75) is 32.0 Å². The standard InChI is InChI=1S/C16H18F3N/c1-12(20-11-5-10-16(17,18)19)14-9-4-7-13-6-2-3-8-15(13)14/h2-4,6-9,12,20H,5,10-11H2,1H3. The van der Waals surface area contributed by atoms with Gasteiger partial charge in [-0.1, -0.05) is 42.5 Å². The van der Waals surface area contributed by atoms with E-state index in [4.69, 9.17) is 0 Å². The van der Waals surface area contributed by atoms with Gasteiger partial charge in [0, 0.05) is 12.5 Å². The fourth-order valence-corrected chi connectivity index (χ4v) is 2.35. The third-order valence-electron chi connectivity index (χ3n) is 3.38. The van der Waals surface area contributed by atoms with E-state index in [9.17, 15) is 13.2 Å². The summed E-state index contributed by atoms with van der Waals surface area (Å²) in [6.45, 7) is 2.35. The molecule has 0 saturated heterocycles. The maximum Gasteiger partial charge on any atom is 0.389 e. The minimum absolute atomic E-state index is 0.0364. The van der Waals surface area contributed by atoms with Crippen LogP contribution < -0.4 is 5.32 Å². The largest absolute Gasteiger partial charge is 0.389 e. The Hall–Kier alpha value is -1.55. The number of alkyl halides is 3. The number of fused-ring (bicyclic) bond motifs is 1. The minimum Gasteiger partial charge on any atom is -0.310 e. The second-order valence-electron chi connectivity index (χ2n) is 4.96. The third kappa shape index (κ3) is 3.97. The summed E-state index contributed by atoms with van der Waals surface area (Å²) in [5.74, 6) is 0. The van der Waals surface area contributed by atoms with Gasteiger partial charge in [0.2, 0.25) is 0 Å². The van der Waals surface area contributed by atoms with E-state index in [1.165, 1.54) is 0 Å². The van der Waals surface area contributed by atoms with Crippen molar-refractivity contribution in [3.05, 3.63) is 48.0 Å². The van der Waals surface area contributed by atoms with Crippen molar-refractivity contribution in [1.82, 2.24) is 5.32 Å². The van der Waals surface area contributed by atoms with Gasteiger partial charge in [0.1, 0.15) is 0 Å². The van der Waals surface area contributed by atoms with E-state index >= 15 is 0 Å². The molecule has 0 saturated carbocycles. The molecular formula is C16H18F3N. The van der Waals surface area contributed by atoms with Gasteiger partial charge in [0.25, 0.3) is 0 Å². The number of halogens is 3. The van der Waals surface area contributed by atoms with Gasteiger partial charge in [-0.15, -0.1) is 0 Å². The highest BCUT2D eigenvalue weighted by Crippen LogP contribution is 2.24. The van der Waals surface area contributed by atoms with Crippen molar-refractivity contribution < 1.29 is 13.2 Å². The van der Waals surface area contributed by atoms with E-state index in [2.05, 4.69) is 5.32 Å². The highest BCUT2D eigenvalue weighted by Gasteiger charge is 2.25. The van der Waals surface area contributed by atoms with Gasteiger partial charge in [-0.05, 0) is 36.2 Å². The zero-order chi connectivity index (χ0) is 14.6. The molecular weight excluding hydrogens is 263 g/mol. The van der Waals surface area contributed by atoms with E-state index in [1.54, 1.807) is 0 Å². The zero-order valence-electron chi connectivity index (χ0n) is 11.4. The van der Waals surface area contributed by atoms with Crippen LogP contribution in [0.5, 0.6) is 0 Å². The van der Waals surface area contributed by atoms with Gasteiger partial charge in [-0.3, -0.25) is 0 Å². The molecule has 0 aromatic heterocycles. The van der Waals surface area contributed by atoms with E-state index < -0.39 is 12.6 Å². The Morgan fingerprint density at radius 1 is 1.05 bits per heavy atom. The lowest BCUT2D eigenvalue weighted by Crippen LogP contribution is -2.21. The van der Waals surface area contributed by atoms with Crippen LogP contribution in [-0.4, -0.2) is 12.7 Å². The molecule has 0 fully saturated rings. The Labute approximate surface area is 116 Å². The molecule has 0 amide bonds. The molecule has 2 rings (SSSR count). The molecule has 0 heterocycles. The van der Waals surface area contributed by atoms with Crippen molar-refractivity contribution in [3.63, 3.8) is 0 Å². The van der Waals surface area contributed by atoms with Gasteiger partial charge in [-0.2, -0.15) is 13.2 Å². The molecule has 0 aliphatic carbocycles. The van der Waals surface area contributed by atoms with E-state index in [0.717, 1.165) is 16.3 Å². The van der Waals surface area contributed by atoms with Crippen LogP contribution in [0.2, 0.25) is 0 Å². The first-order valence-corrected chi connectivity index (χ1v) is 6.75. The van der Waals surface area contributed by atoms with Crippen molar-refractivity contribution in [2.24, 2.45) is 0 Å². The molecule has 1 N–H and O–H groups in total. The lowest BCUT2D eigenvalue weighted by atomic mass is 9.99. The summed E-state index contributed by atoms with van der Waals surface area (Å²) in [7, 11) is 0. The third-order valence-corrected chi connectivity index (χ3v) is 3.38. The van der Waals surface area contributed by atoms with E-state index in [-0.39, 0.29) is 12.5 Å². The lowest BCUT2D eigenvalue weighted by Gasteiger charge is -2.17. The fraction of sp³-hybridized carbons (Fsp3) is 0.375. The number of benzene rings is 2. The molecule has 0 aliphatic heterocycles. The molecule has 1 nitrogen and oxygen atoms in total. The molecule has 0 spiro atoms. The molecule has 108 valence electrons. The summed E-state index contributed by atoms with van der Waals surface area (Å²) in [5, 5.41) is 5.46. The molecule has 0 radical (unpaired) electrons. The Morgan fingerprint density at radius 3 is 2.50 bits per heavy atom. The Bertz CT molecular complexity index is 558. The first-order chi connectivity index (χ1) is 9.47. The van der Waals surface area contributed by atoms with Gasteiger partial charge in [-0.25, -0.2) is 0 Å². The summed E-state index contributed by atoms with van der Waals surface area (Å²) < 4.78 is 36.3. The van der Waals surface area contributed by atoms with Gasteiger partial charge in [0.05, 0.1) is 0 Å². The van der Waals surface area contributed by atoms with Crippen LogP contribution in [-0.2, 0) is 0 Å². The molecule has 2 aromatic carbocycles. The van der Waals surface area contributed by atoms with Crippen molar-refractivity contribution in [2.75, 3.05) is 6.54 Å². The summed E-state index contributed by atoms with van der Waals surface area (Å²) >= 11 is 0. The van der Waals surface area contributed by atoms with Crippen molar-refractivity contribution in [1.29, 1.82) is 0 Å². The van der Waals surface area contributed by atoms with Crippen LogP contribution in [0.15, 0.2) is 42.5 Å². The predicted molar refractivity (Wildman–Crippen MR) is 75.7 cm³/mol. The smallest absolute Gasteiger partial charge is 0.310 e. The number of hydrogen-bond donors (Lipinski definition) is 1.